The summed E-state index contributed by atoms with van der Waals surface area (Å²) in [5, 5.41) is 15.7. The summed E-state index contributed by atoms with van der Waals surface area (Å²) in [4.78, 5) is 113. The van der Waals surface area contributed by atoms with Crippen LogP contribution in [0.5, 0.6) is 0 Å². The number of hydrogen-bond acceptors (Lipinski definition) is 10. The van der Waals surface area contributed by atoms with Crippen LogP contribution >= 0.6 is 0 Å². The first kappa shape index (κ1) is 52.8. The van der Waals surface area contributed by atoms with Gasteiger partial charge in [-0.25, -0.2) is 4.79 Å². The minimum Gasteiger partial charge on any atom is -0.480 e. The van der Waals surface area contributed by atoms with Crippen molar-refractivity contribution in [1.82, 2.24) is 30.2 Å². The molecule has 3 aliphatic heterocycles. The van der Waals surface area contributed by atoms with Crippen molar-refractivity contribution in [2.45, 2.75) is 160 Å². The fraction of sp³-hybridized carbons (Fsp3) is 0.680. The molecule has 1 unspecified atom stereocenters. The highest BCUT2D eigenvalue weighted by molar-refractivity contribution is 6.12. The number of carboxylic acids is 1. The molecule has 2 bridgehead atoms. The minimum absolute atomic E-state index is 0.0168. The van der Waals surface area contributed by atoms with Gasteiger partial charge in [0.1, 0.15) is 18.1 Å². The van der Waals surface area contributed by atoms with Crippen molar-refractivity contribution in [1.29, 1.82) is 0 Å². The third-order valence-electron chi connectivity index (χ3n) is 14.7. The van der Waals surface area contributed by atoms with Crippen molar-refractivity contribution >= 4 is 47.3 Å². The molecule has 5 rings (SSSR count). The summed E-state index contributed by atoms with van der Waals surface area (Å²) in [6.45, 7) is 10.1. The number of rotatable bonds is 25. The number of nitrogens with zero attached hydrogens (tertiary/aromatic N) is 4. The maximum atomic E-state index is 14.7. The number of fused-ring (bicyclic) bond motifs is 2. The molecule has 3 N–H and O–H groups in total. The van der Waals surface area contributed by atoms with Crippen molar-refractivity contribution in [3.8, 4) is 0 Å². The average molecular weight is 935 g/mol. The molecule has 3 heterocycles. The number of amides is 7. The van der Waals surface area contributed by atoms with E-state index in [1.807, 2.05) is 45.9 Å². The van der Waals surface area contributed by atoms with Crippen molar-refractivity contribution < 1.29 is 52.9 Å². The Balaban J connectivity index is 1.22. The number of unbranched alkanes of at least 4 members (excludes halogenated alkanes) is 2. The van der Waals surface area contributed by atoms with E-state index < -0.39 is 60.2 Å². The van der Waals surface area contributed by atoms with Gasteiger partial charge in [0.25, 0.3) is 11.8 Å². The van der Waals surface area contributed by atoms with E-state index in [1.54, 1.807) is 40.8 Å². The second kappa shape index (κ2) is 24.2. The second-order valence-electron chi connectivity index (χ2n) is 19.4. The lowest BCUT2D eigenvalue weighted by Gasteiger charge is -2.41. The first-order valence-corrected chi connectivity index (χ1v) is 24.3. The number of likely N-dealkylation sites (N-methyl/N-ethyl adjacent to an activating group) is 1. The van der Waals surface area contributed by atoms with Gasteiger partial charge >= 0.3 is 5.97 Å². The van der Waals surface area contributed by atoms with Crippen LogP contribution in [0.2, 0.25) is 0 Å². The number of carbonyl (C=O) groups is 8. The molecule has 1 aromatic rings. The molecule has 4 aliphatic rings. The third kappa shape index (κ3) is 12.7. The molecule has 0 spiro atoms. The lowest BCUT2D eigenvalue weighted by Crippen LogP contribution is -2.60. The molecule has 2 saturated heterocycles. The number of ether oxygens (including phenoxy) is 2. The largest absolute Gasteiger partial charge is 0.480 e. The minimum atomic E-state index is -1.16. The van der Waals surface area contributed by atoms with Crippen molar-refractivity contribution in [2.75, 3.05) is 34.4 Å². The summed E-state index contributed by atoms with van der Waals surface area (Å²) in [5.74, 6) is -4.59. The van der Waals surface area contributed by atoms with Crippen LogP contribution in [0.3, 0.4) is 0 Å². The lowest BCUT2D eigenvalue weighted by atomic mass is 9.89. The standard InChI is InChI=1S/C50H74N6O11/c1-9-31(4)44(38(66-7)29-42(60)54-26-16-19-37(54)46(67-8)32(5)47(61)51-36(50(64)65)27-33-17-12-10-13-18-33)53(6)49(63)43(30(2)3)52-48(62)45-34-21-22-35(28-34)56(45)41(59)20-14-11-15-25-55-39(57)23-24-40(55)58/h10,12-13,17-18,23-24,30-32,34-38,43-46H,9,11,14-16,19-22,25-29H2,1-8H3,(H,51,61)(H,52,62)(H,64,65)/t31-,32+,34-,35-,36-,37-,38+,43-,44-,45?,46+/m0/s1. The zero-order valence-electron chi connectivity index (χ0n) is 40.7. The van der Waals surface area contributed by atoms with E-state index in [0.717, 1.165) is 24.8 Å². The molecule has 7 amide bonds. The van der Waals surface area contributed by atoms with Gasteiger partial charge in [0.15, 0.2) is 0 Å². The van der Waals surface area contributed by atoms with Crippen molar-refractivity contribution in [3.63, 3.8) is 0 Å². The zero-order chi connectivity index (χ0) is 49.1. The number of piperidine rings is 1. The Hall–Kier alpha value is -5.16. The van der Waals surface area contributed by atoms with Gasteiger partial charge in [-0.05, 0) is 68.3 Å². The fourth-order valence-corrected chi connectivity index (χ4v) is 10.8. The van der Waals surface area contributed by atoms with Crippen LogP contribution in [-0.2, 0) is 54.3 Å². The Labute approximate surface area is 395 Å². The first-order valence-electron chi connectivity index (χ1n) is 24.3. The Morgan fingerprint density at radius 1 is 0.881 bits per heavy atom. The van der Waals surface area contributed by atoms with Gasteiger partial charge in [0, 0.05) is 65.4 Å². The lowest BCUT2D eigenvalue weighted by molar-refractivity contribution is -0.149. The van der Waals surface area contributed by atoms with Crippen LogP contribution in [-0.4, -0.2) is 155 Å². The van der Waals surface area contributed by atoms with Crippen molar-refractivity contribution in [2.24, 2.45) is 23.7 Å². The number of carbonyl (C=O) groups excluding carboxylic acids is 7. The molecule has 370 valence electrons. The smallest absolute Gasteiger partial charge is 0.326 e. The van der Waals surface area contributed by atoms with E-state index in [2.05, 4.69) is 10.6 Å². The Bertz CT molecular complexity index is 1940. The van der Waals surface area contributed by atoms with Gasteiger partial charge in [-0.2, -0.15) is 0 Å². The second-order valence-corrected chi connectivity index (χ2v) is 19.4. The SMILES string of the molecule is CC[C@H](C)[C@@H]([C@@H](CC(=O)N1CCC[C@H]1[C@H](OC)[C@@H](C)C(=O)N[C@@H](Cc1ccccc1)C(=O)O)OC)N(C)C(=O)[C@@H](NC(=O)C1[C@H]2CC[C@@H](C2)N1C(=O)CCCCCN1C(=O)C=CC1=O)C(C)C. The van der Waals surface area contributed by atoms with E-state index in [1.165, 1.54) is 31.3 Å². The molecule has 0 radical (unpaired) electrons. The molecule has 1 aliphatic carbocycles. The van der Waals surface area contributed by atoms with E-state index in [0.29, 0.717) is 51.6 Å². The maximum absolute atomic E-state index is 14.7. The number of hydrogen-bond donors (Lipinski definition) is 3. The molecule has 3 fully saturated rings. The normalized spacial score (nSPS) is 23.2. The van der Waals surface area contributed by atoms with Gasteiger partial charge < -0.3 is 39.9 Å². The van der Waals surface area contributed by atoms with Crippen molar-refractivity contribution in [3.05, 3.63) is 48.0 Å². The Morgan fingerprint density at radius 2 is 1.57 bits per heavy atom. The molecule has 67 heavy (non-hydrogen) atoms. The number of likely N-dealkylation sites (tertiary alicyclic amines) is 2. The van der Waals surface area contributed by atoms with Gasteiger partial charge in [-0.15, -0.1) is 0 Å². The Morgan fingerprint density at radius 3 is 2.18 bits per heavy atom. The van der Waals surface area contributed by atoms with E-state index in [9.17, 15) is 43.5 Å². The third-order valence-corrected chi connectivity index (χ3v) is 14.7. The van der Waals surface area contributed by atoms with Gasteiger partial charge in [-0.3, -0.25) is 38.5 Å². The van der Waals surface area contributed by atoms with Crippen LogP contribution < -0.4 is 10.6 Å². The summed E-state index contributed by atoms with van der Waals surface area (Å²) in [6, 6.07) is 5.19. The number of methoxy groups -OCH3 is 2. The van der Waals surface area contributed by atoms with E-state index in [-0.39, 0.29) is 78.5 Å². The van der Waals surface area contributed by atoms with Crippen LogP contribution in [0.4, 0.5) is 0 Å². The monoisotopic (exact) mass is 935 g/mol. The number of nitrogens with one attached hydrogen (secondary N) is 2. The molecule has 11 atom stereocenters. The molecule has 17 heteroatoms. The van der Waals surface area contributed by atoms with Crippen LogP contribution in [0.25, 0.3) is 0 Å². The van der Waals surface area contributed by atoms with Gasteiger partial charge in [0.2, 0.25) is 29.5 Å². The maximum Gasteiger partial charge on any atom is 0.326 e. The molecule has 17 nitrogen and oxygen atoms in total. The molecule has 1 saturated carbocycles. The predicted molar refractivity (Wildman–Crippen MR) is 249 cm³/mol. The molecular formula is C50H74N6O11. The molecule has 1 aromatic carbocycles. The topological polar surface area (TPSA) is 212 Å². The Kier molecular flexibility index (Phi) is 19.1. The predicted octanol–water partition coefficient (Wildman–Crippen LogP) is 3.72. The summed E-state index contributed by atoms with van der Waals surface area (Å²) in [7, 11) is 4.68. The fourth-order valence-electron chi connectivity index (χ4n) is 10.8. The highest BCUT2D eigenvalue weighted by Gasteiger charge is 2.52. The number of aliphatic carboxylic acids is 1. The molecular weight excluding hydrogens is 861 g/mol. The first-order chi connectivity index (χ1) is 31.9. The van der Waals surface area contributed by atoms with Crippen LogP contribution in [0.15, 0.2) is 42.5 Å². The highest BCUT2D eigenvalue weighted by atomic mass is 16.5. The van der Waals surface area contributed by atoms with Crippen LogP contribution in [0, 0.1) is 23.7 Å². The number of benzene rings is 1. The van der Waals surface area contributed by atoms with Gasteiger partial charge in [-0.1, -0.05) is 77.8 Å². The summed E-state index contributed by atoms with van der Waals surface area (Å²) in [5.41, 5.74) is 0.767. The average Bonchev–Trinajstić information content (AvgIpc) is 4.13. The number of carboxylic acid groups (broad SMARTS) is 1. The zero-order valence-corrected chi connectivity index (χ0v) is 40.7. The number of imide groups is 1. The van der Waals surface area contributed by atoms with E-state index in [4.69, 9.17) is 9.47 Å². The van der Waals surface area contributed by atoms with Crippen LogP contribution in [0.1, 0.15) is 111 Å². The quantitative estimate of drug-likeness (QED) is 0.0950. The summed E-state index contributed by atoms with van der Waals surface area (Å²) < 4.78 is 12.0. The molecule has 0 aromatic heterocycles. The highest BCUT2D eigenvalue weighted by Crippen LogP contribution is 2.43. The van der Waals surface area contributed by atoms with E-state index >= 15 is 0 Å². The summed E-state index contributed by atoms with van der Waals surface area (Å²) >= 11 is 0. The van der Waals surface area contributed by atoms with Gasteiger partial charge in [0.05, 0.1) is 36.6 Å². The summed E-state index contributed by atoms with van der Waals surface area (Å²) in [6.07, 6.45) is 7.35.